The summed E-state index contributed by atoms with van der Waals surface area (Å²) in [5.74, 6) is 2.82. The lowest BCUT2D eigenvalue weighted by atomic mass is 9.60. The molecule has 4 aliphatic rings. The molecule has 0 N–H and O–H groups in total. The van der Waals surface area contributed by atoms with Gasteiger partial charge in [0.05, 0.1) is 5.41 Å². The Bertz CT molecular complexity index is 1080. The van der Waals surface area contributed by atoms with Crippen LogP contribution in [0.1, 0.15) is 42.1 Å². The summed E-state index contributed by atoms with van der Waals surface area (Å²) in [6.45, 7) is 4.84. The number of fused-ring (bicyclic) bond motifs is 8. The van der Waals surface area contributed by atoms with E-state index in [1.54, 1.807) is 0 Å². The van der Waals surface area contributed by atoms with E-state index in [9.17, 15) is 4.79 Å². The van der Waals surface area contributed by atoms with Gasteiger partial charge in [0.25, 0.3) is 0 Å². The maximum absolute atomic E-state index is 12.1. The van der Waals surface area contributed by atoms with Crippen LogP contribution in [0.25, 0.3) is 0 Å². The summed E-state index contributed by atoms with van der Waals surface area (Å²) in [4.78, 5) is 14.4. The van der Waals surface area contributed by atoms with Crippen LogP contribution >= 0.6 is 0 Å². The molecule has 0 spiro atoms. The van der Waals surface area contributed by atoms with Crippen molar-refractivity contribution in [1.82, 2.24) is 4.90 Å². The Morgan fingerprint density at radius 3 is 2.63 bits per heavy atom. The van der Waals surface area contributed by atoms with Crippen molar-refractivity contribution in [1.29, 1.82) is 0 Å². The number of hydrogen-bond donors (Lipinski definition) is 0. The van der Waals surface area contributed by atoms with Gasteiger partial charge in [-0.1, -0.05) is 13.0 Å². The molecule has 2 aromatic carbocycles. The number of ether oxygens (including phenoxy) is 5. The van der Waals surface area contributed by atoms with Gasteiger partial charge >= 0.3 is 5.97 Å². The molecule has 7 nitrogen and oxygen atoms in total. The van der Waals surface area contributed by atoms with E-state index in [-0.39, 0.29) is 31.7 Å². The predicted molar refractivity (Wildman–Crippen MR) is 106 cm³/mol. The molecule has 6 rings (SSSR count). The zero-order valence-electron chi connectivity index (χ0n) is 17.2. The average molecular weight is 409 g/mol. The summed E-state index contributed by atoms with van der Waals surface area (Å²) in [5, 5.41) is 0. The van der Waals surface area contributed by atoms with E-state index in [1.165, 1.54) is 12.5 Å². The van der Waals surface area contributed by atoms with Crippen molar-refractivity contribution < 1.29 is 28.5 Å². The highest BCUT2D eigenvalue weighted by molar-refractivity contribution is 5.67. The van der Waals surface area contributed by atoms with Gasteiger partial charge in [0, 0.05) is 31.5 Å². The van der Waals surface area contributed by atoms with Crippen LogP contribution in [-0.2, 0) is 27.9 Å². The third-order valence-corrected chi connectivity index (χ3v) is 6.95. The number of carbonyl (C=O) groups is 1. The van der Waals surface area contributed by atoms with Crippen LogP contribution in [0, 0.1) is 0 Å². The number of carbonyl (C=O) groups excluding carboxylic acids is 1. The highest BCUT2D eigenvalue weighted by Crippen LogP contribution is 2.57. The summed E-state index contributed by atoms with van der Waals surface area (Å²) in [5.41, 5.74) is 4.10. The lowest BCUT2D eigenvalue weighted by molar-refractivity contribution is -0.153. The molecule has 2 aromatic rings. The second kappa shape index (κ2) is 6.04. The van der Waals surface area contributed by atoms with E-state index in [0.29, 0.717) is 13.0 Å². The van der Waals surface area contributed by atoms with Crippen molar-refractivity contribution in [2.75, 3.05) is 20.6 Å². The summed E-state index contributed by atoms with van der Waals surface area (Å²) in [6, 6.07) is 8.22. The standard InChI is InChI=1S/C23H23NO6/c1-12(25)30-20-7-13-6-18-19(28-10-27-18)8-14(13)22-23(20,2)16-4-5-17-21(29-11-26-17)15(16)9-24(22)3/h4-6,8,20,22H,7,9-11H2,1-3H3/t20?,22-,23-/m1/s1. The number of esters is 1. The molecule has 1 unspecified atom stereocenters. The zero-order chi connectivity index (χ0) is 20.6. The van der Waals surface area contributed by atoms with Crippen LogP contribution in [0.3, 0.4) is 0 Å². The lowest BCUT2D eigenvalue weighted by Gasteiger charge is -2.54. The monoisotopic (exact) mass is 409 g/mol. The fourth-order valence-electron chi connectivity index (χ4n) is 5.75. The van der Waals surface area contributed by atoms with Gasteiger partial charge in [0.15, 0.2) is 23.0 Å². The quantitative estimate of drug-likeness (QED) is 0.671. The molecule has 156 valence electrons. The molecule has 30 heavy (non-hydrogen) atoms. The average Bonchev–Trinajstić information content (AvgIpc) is 3.35. The van der Waals surface area contributed by atoms with E-state index in [2.05, 4.69) is 31.0 Å². The number of hydrogen-bond acceptors (Lipinski definition) is 7. The molecule has 3 heterocycles. The summed E-state index contributed by atoms with van der Waals surface area (Å²) in [7, 11) is 2.10. The van der Waals surface area contributed by atoms with Gasteiger partial charge in [-0.25, -0.2) is 0 Å². The van der Waals surface area contributed by atoms with Crippen LogP contribution in [0.5, 0.6) is 23.0 Å². The highest BCUT2D eigenvalue weighted by Gasteiger charge is 2.55. The Morgan fingerprint density at radius 2 is 1.83 bits per heavy atom. The predicted octanol–water partition coefficient (Wildman–Crippen LogP) is 3.08. The minimum absolute atomic E-state index is 0.00738. The molecule has 0 aromatic heterocycles. The fourth-order valence-corrected chi connectivity index (χ4v) is 5.75. The van der Waals surface area contributed by atoms with E-state index in [4.69, 9.17) is 23.7 Å². The molecule has 3 atom stereocenters. The van der Waals surface area contributed by atoms with Crippen molar-refractivity contribution in [3.8, 4) is 23.0 Å². The lowest BCUT2D eigenvalue weighted by Crippen LogP contribution is -2.56. The Morgan fingerprint density at radius 1 is 1.10 bits per heavy atom. The van der Waals surface area contributed by atoms with Crippen LogP contribution in [-0.4, -0.2) is 37.6 Å². The van der Waals surface area contributed by atoms with Gasteiger partial charge in [0.1, 0.15) is 6.10 Å². The van der Waals surface area contributed by atoms with Crippen molar-refractivity contribution in [3.63, 3.8) is 0 Å². The molecule has 1 aliphatic carbocycles. The molecule has 0 bridgehead atoms. The van der Waals surface area contributed by atoms with Gasteiger partial charge in [-0.05, 0) is 41.9 Å². The van der Waals surface area contributed by atoms with Crippen LogP contribution in [0.2, 0.25) is 0 Å². The smallest absolute Gasteiger partial charge is 0.302 e. The molecule has 3 aliphatic heterocycles. The topological polar surface area (TPSA) is 66.5 Å². The minimum Gasteiger partial charge on any atom is -0.461 e. The third-order valence-electron chi connectivity index (χ3n) is 6.95. The summed E-state index contributed by atoms with van der Waals surface area (Å²) < 4.78 is 28.7. The molecule has 0 saturated carbocycles. The molecular weight excluding hydrogens is 386 g/mol. The maximum atomic E-state index is 12.1. The van der Waals surface area contributed by atoms with E-state index in [1.807, 2.05) is 12.1 Å². The Balaban J connectivity index is 1.59. The van der Waals surface area contributed by atoms with Gasteiger partial charge in [-0.3, -0.25) is 9.69 Å². The van der Waals surface area contributed by atoms with Crippen LogP contribution in [0.15, 0.2) is 24.3 Å². The van der Waals surface area contributed by atoms with Gasteiger partial charge < -0.3 is 23.7 Å². The van der Waals surface area contributed by atoms with Crippen molar-refractivity contribution in [2.24, 2.45) is 0 Å². The fraction of sp³-hybridized carbons (Fsp3) is 0.435. The molecular formula is C23H23NO6. The maximum Gasteiger partial charge on any atom is 0.302 e. The zero-order valence-corrected chi connectivity index (χ0v) is 17.2. The van der Waals surface area contributed by atoms with E-state index in [0.717, 1.165) is 39.7 Å². The SMILES string of the molecule is CC(=O)OC1Cc2cc3c(cc2[C@H]2N(C)Cc4c(ccc5c4OCO5)[C@]12C)OCO3. The molecule has 0 saturated heterocycles. The van der Waals surface area contributed by atoms with Crippen molar-refractivity contribution in [3.05, 3.63) is 46.5 Å². The largest absolute Gasteiger partial charge is 0.461 e. The number of benzene rings is 2. The Kier molecular flexibility index (Phi) is 3.60. The third kappa shape index (κ3) is 2.27. The normalized spacial score (nSPS) is 27.8. The molecule has 7 heteroatoms. The van der Waals surface area contributed by atoms with Crippen molar-refractivity contribution in [2.45, 2.75) is 44.4 Å². The number of likely N-dealkylation sites (N-methyl/N-ethyl adjacent to an activating group) is 1. The first kappa shape index (κ1) is 17.9. The van der Waals surface area contributed by atoms with Gasteiger partial charge in [0.2, 0.25) is 13.6 Å². The minimum atomic E-state index is -0.463. The van der Waals surface area contributed by atoms with Crippen LogP contribution in [0.4, 0.5) is 0 Å². The Labute approximate surface area is 174 Å². The molecule has 0 radical (unpaired) electrons. The first-order chi connectivity index (χ1) is 14.5. The van der Waals surface area contributed by atoms with Crippen LogP contribution < -0.4 is 18.9 Å². The molecule has 0 fully saturated rings. The van der Waals surface area contributed by atoms with E-state index < -0.39 is 5.41 Å². The van der Waals surface area contributed by atoms with Gasteiger partial charge in [-0.2, -0.15) is 0 Å². The number of nitrogens with zero attached hydrogens (tertiary/aromatic N) is 1. The van der Waals surface area contributed by atoms with Gasteiger partial charge in [-0.15, -0.1) is 0 Å². The summed E-state index contributed by atoms with van der Waals surface area (Å²) >= 11 is 0. The second-order valence-electron chi connectivity index (χ2n) is 8.63. The Hall–Kier alpha value is -2.93. The first-order valence-corrected chi connectivity index (χ1v) is 10.2. The number of rotatable bonds is 1. The second-order valence-corrected chi connectivity index (χ2v) is 8.63. The highest BCUT2D eigenvalue weighted by atomic mass is 16.7. The molecule has 0 amide bonds. The van der Waals surface area contributed by atoms with Crippen molar-refractivity contribution >= 4 is 5.97 Å². The van der Waals surface area contributed by atoms with E-state index >= 15 is 0 Å². The first-order valence-electron chi connectivity index (χ1n) is 10.2. The summed E-state index contributed by atoms with van der Waals surface area (Å²) in [6.07, 6.45) is 0.287.